The van der Waals surface area contributed by atoms with Gasteiger partial charge in [-0.2, -0.15) is 4.31 Å². The average molecular weight is 359 g/mol. The van der Waals surface area contributed by atoms with E-state index in [9.17, 15) is 8.42 Å². The quantitative estimate of drug-likeness (QED) is 0.700. The summed E-state index contributed by atoms with van der Waals surface area (Å²) in [5.74, 6) is 0.0660. The molecule has 0 heterocycles. The Morgan fingerprint density at radius 1 is 1.25 bits per heavy atom. The summed E-state index contributed by atoms with van der Waals surface area (Å²) in [6.45, 7) is 6.03. The highest BCUT2D eigenvalue weighted by atomic mass is 35.5. The Bertz CT molecular complexity index is 573. The smallest absolute Gasteiger partial charge is 0.207 e. The van der Waals surface area contributed by atoms with Gasteiger partial charge in [0.15, 0.2) is 0 Å². The molecule has 0 aliphatic heterocycles. The van der Waals surface area contributed by atoms with E-state index in [0.717, 1.165) is 6.42 Å². The van der Waals surface area contributed by atoms with Crippen LogP contribution in [0.15, 0.2) is 17.0 Å². The maximum Gasteiger partial charge on any atom is 0.244 e. The normalized spacial score (nSPS) is 12.4. The van der Waals surface area contributed by atoms with Gasteiger partial charge in [0.1, 0.15) is 4.90 Å². The first-order valence-electron chi connectivity index (χ1n) is 6.32. The van der Waals surface area contributed by atoms with Gasteiger partial charge in [0.2, 0.25) is 10.0 Å². The minimum Gasteiger partial charge on any atom is -0.207 e. The highest BCUT2D eigenvalue weighted by Crippen LogP contribution is 2.34. The third-order valence-electron chi connectivity index (χ3n) is 2.89. The third kappa shape index (κ3) is 3.60. The predicted octanol–water partition coefficient (Wildman–Crippen LogP) is 4.54. The molecule has 3 nitrogen and oxygen atoms in total. The molecule has 0 fully saturated rings. The predicted molar refractivity (Wildman–Crippen MR) is 85.3 cm³/mol. The van der Waals surface area contributed by atoms with Gasteiger partial charge in [0, 0.05) is 23.2 Å². The Kier molecular flexibility index (Phi) is 6.61. The third-order valence-corrected chi connectivity index (χ3v) is 6.17. The van der Waals surface area contributed by atoms with E-state index >= 15 is 0 Å². The second-order valence-corrected chi connectivity index (χ2v) is 7.59. The SMILES string of the molecule is CCCN(C(C)C)S(=O)(=O)c1ccc(Cl)c(CCl)c1Cl. The Morgan fingerprint density at radius 2 is 1.85 bits per heavy atom. The highest BCUT2D eigenvalue weighted by Gasteiger charge is 2.29. The van der Waals surface area contributed by atoms with Gasteiger partial charge in [-0.05, 0) is 32.4 Å². The molecular weight excluding hydrogens is 341 g/mol. The molecule has 0 saturated heterocycles. The van der Waals surface area contributed by atoms with Crippen molar-refractivity contribution in [2.45, 2.75) is 44.0 Å². The van der Waals surface area contributed by atoms with Crippen molar-refractivity contribution in [3.05, 3.63) is 27.7 Å². The molecule has 114 valence electrons. The van der Waals surface area contributed by atoms with E-state index in [0.29, 0.717) is 17.1 Å². The lowest BCUT2D eigenvalue weighted by molar-refractivity contribution is 0.354. The molecule has 0 N–H and O–H groups in total. The summed E-state index contributed by atoms with van der Waals surface area (Å²) in [6.07, 6.45) is 0.727. The molecule has 7 heteroatoms. The van der Waals surface area contributed by atoms with Gasteiger partial charge in [-0.15, -0.1) is 11.6 Å². The van der Waals surface area contributed by atoms with Crippen LogP contribution >= 0.6 is 34.8 Å². The summed E-state index contributed by atoms with van der Waals surface area (Å²) in [5, 5.41) is 0.477. The molecule has 1 aromatic carbocycles. The molecule has 0 aromatic heterocycles. The summed E-state index contributed by atoms with van der Waals surface area (Å²) in [4.78, 5) is 0.0568. The van der Waals surface area contributed by atoms with Crippen molar-refractivity contribution in [2.75, 3.05) is 6.54 Å². The number of alkyl halides is 1. The molecule has 0 unspecified atom stereocenters. The molecule has 1 aromatic rings. The number of hydrogen-bond acceptors (Lipinski definition) is 2. The molecule has 1 rings (SSSR count). The van der Waals surface area contributed by atoms with Gasteiger partial charge in [-0.25, -0.2) is 8.42 Å². The zero-order chi connectivity index (χ0) is 15.5. The molecule has 0 saturated carbocycles. The molecule has 0 bridgehead atoms. The first-order chi connectivity index (χ1) is 9.27. The van der Waals surface area contributed by atoms with Gasteiger partial charge in [0.25, 0.3) is 0 Å². The van der Waals surface area contributed by atoms with Gasteiger partial charge < -0.3 is 0 Å². The lowest BCUT2D eigenvalue weighted by Crippen LogP contribution is -2.37. The van der Waals surface area contributed by atoms with Crippen LogP contribution in [0.2, 0.25) is 10.0 Å². The fraction of sp³-hybridized carbons (Fsp3) is 0.538. The lowest BCUT2D eigenvalue weighted by Gasteiger charge is -2.26. The molecule has 0 amide bonds. The van der Waals surface area contributed by atoms with Crippen molar-refractivity contribution in [2.24, 2.45) is 0 Å². The van der Waals surface area contributed by atoms with Crippen molar-refractivity contribution in [1.29, 1.82) is 0 Å². The summed E-state index contributed by atoms with van der Waals surface area (Å²) in [7, 11) is -3.66. The highest BCUT2D eigenvalue weighted by molar-refractivity contribution is 7.89. The van der Waals surface area contributed by atoms with Gasteiger partial charge in [-0.3, -0.25) is 0 Å². The van der Waals surface area contributed by atoms with Crippen LogP contribution in [0.3, 0.4) is 0 Å². The summed E-state index contributed by atoms with van der Waals surface area (Å²) in [6, 6.07) is 2.80. The fourth-order valence-corrected chi connectivity index (χ4v) is 4.93. The molecule has 0 spiro atoms. The molecule has 0 aliphatic carbocycles. The van der Waals surface area contributed by atoms with Crippen LogP contribution in [-0.2, 0) is 15.9 Å². The van der Waals surface area contributed by atoms with Crippen LogP contribution in [0, 0.1) is 0 Å². The van der Waals surface area contributed by atoms with Gasteiger partial charge >= 0.3 is 0 Å². The van der Waals surface area contributed by atoms with E-state index in [2.05, 4.69) is 0 Å². The zero-order valence-electron chi connectivity index (χ0n) is 11.7. The van der Waals surface area contributed by atoms with Crippen molar-refractivity contribution in [3.63, 3.8) is 0 Å². The monoisotopic (exact) mass is 357 g/mol. The van der Waals surface area contributed by atoms with Crippen molar-refractivity contribution >= 4 is 44.8 Å². The summed E-state index contributed by atoms with van der Waals surface area (Å²) < 4.78 is 26.9. The minimum absolute atomic E-state index is 0.0568. The van der Waals surface area contributed by atoms with E-state index in [4.69, 9.17) is 34.8 Å². The lowest BCUT2D eigenvalue weighted by atomic mass is 10.2. The molecular formula is C13H18Cl3NO2S. The first kappa shape index (κ1) is 18.1. The second-order valence-electron chi connectivity index (χ2n) is 4.68. The van der Waals surface area contributed by atoms with Crippen LogP contribution in [0.1, 0.15) is 32.8 Å². The van der Waals surface area contributed by atoms with Crippen LogP contribution in [0.4, 0.5) is 0 Å². The van der Waals surface area contributed by atoms with Gasteiger partial charge in [0.05, 0.1) is 10.9 Å². The van der Waals surface area contributed by atoms with Crippen LogP contribution in [-0.4, -0.2) is 25.3 Å². The van der Waals surface area contributed by atoms with Crippen LogP contribution < -0.4 is 0 Å². The maximum atomic E-state index is 12.7. The second kappa shape index (κ2) is 7.32. The number of halogens is 3. The number of hydrogen-bond donors (Lipinski definition) is 0. The van der Waals surface area contributed by atoms with E-state index in [1.165, 1.54) is 16.4 Å². The van der Waals surface area contributed by atoms with Gasteiger partial charge in [-0.1, -0.05) is 30.1 Å². The first-order valence-corrected chi connectivity index (χ1v) is 9.05. The minimum atomic E-state index is -3.66. The largest absolute Gasteiger partial charge is 0.244 e. The zero-order valence-corrected chi connectivity index (χ0v) is 14.7. The molecule has 0 aliphatic rings. The van der Waals surface area contributed by atoms with E-state index in [1.54, 1.807) is 0 Å². The van der Waals surface area contributed by atoms with Crippen molar-refractivity contribution in [1.82, 2.24) is 4.31 Å². The number of nitrogens with zero attached hydrogens (tertiary/aromatic N) is 1. The van der Waals surface area contributed by atoms with Crippen LogP contribution in [0.5, 0.6) is 0 Å². The Morgan fingerprint density at radius 3 is 2.30 bits per heavy atom. The molecule has 20 heavy (non-hydrogen) atoms. The van der Waals surface area contributed by atoms with Crippen molar-refractivity contribution in [3.8, 4) is 0 Å². The van der Waals surface area contributed by atoms with E-state index in [-0.39, 0.29) is 21.8 Å². The molecule has 0 atom stereocenters. The Hall–Kier alpha value is -0.000000000000000167. The fourth-order valence-electron chi connectivity index (χ4n) is 1.90. The standard InChI is InChI=1S/C13H18Cl3NO2S/c1-4-7-17(9(2)3)20(18,19)12-6-5-11(15)10(8-14)13(12)16/h5-6,9H,4,7-8H2,1-3H3. The van der Waals surface area contributed by atoms with Crippen LogP contribution in [0.25, 0.3) is 0 Å². The number of benzene rings is 1. The number of sulfonamides is 1. The Labute approximate surface area is 135 Å². The maximum absolute atomic E-state index is 12.7. The summed E-state index contributed by atoms with van der Waals surface area (Å²) in [5.41, 5.74) is 0.441. The van der Waals surface area contributed by atoms with Crippen molar-refractivity contribution < 1.29 is 8.42 Å². The summed E-state index contributed by atoms with van der Waals surface area (Å²) >= 11 is 17.9. The Balaban J connectivity index is 3.42. The topological polar surface area (TPSA) is 37.4 Å². The number of rotatable bonds is 6. The molecule has 0 radical (unpaired) electrons. The van der Waals surface area contributed by atoms with E-state index < -0.39 is 10.0 Å². The average Bonchev–Trinajstić information content (AvgIpc) is 2.35. The van der Waals surface area contributed by atoms with E-state index in [1.807, 2.05) is 20.8 Å².